The van der Waals surface area contributed by atoms with Crippen LogP contribution in [0.5, 0.6) is 5.88 Å². The molecule has 6 nitrogen and oxygen atoms in total. The van der Waals surface area contributed by atoms with Crippen molar-refractivity contribution in [1.82, 2.24) is 9.97 Å². The third-order valence-corrected chi connectivity index (χ3v) is 4.67. The van der Waals surface area contributed by atoms with Crippen LogP contribution in [0.15, 0.2) is 24.5 Å². The van der Waals surface area contributed by atoms with Crippen LogP contribution < -0.4 is 20.3 Å². The molecule has 2 N–H and O–H groups in total. The molecular weight excluding hydrogens is 314 g/mol. The van der Waals surface area contributed by atoms with Gasteiger partial charge < -0.3 is 20.3 Å². The molecule has 0 unspecified atom stereocenters. The number of rotatable bonds is 4. The van der Waals surface area contributed by atoms with E-state index in [0.29, 0.717) is 11.6 Å². The Bertz CT molecular complexity index is 739. The summed E-state index contributed by atoms with van der Waals surface area (Å²) in [5.41, 5.74) is 10.8. The molecule has 0 spiro atoms. The maximum atomic E-state index is 6.25. The Morgan fingerprint density at radius 3 is 2.40 bits per heavy atom. The Morgan fingerprint density at radius 2 is 1.72 bits per heavy atom. The molecule has 1 fully saturated rings. The molecule has 1 aromatic carbocycles. The zero-order chi connectivity index (χ0) is 18.0. The van der Waals surface area contributed by atoms with Crippen LogP contribution in [0.4, 0.5) is 17.2 Å². The second-order valence-corrected chi connectivity index (χ2v) is 6.78. The molecule has 2 aromatic rings. The third-order valence-electron chi connectivity index (χ3n) is 4.67. The van der Waals surface area contributed by atoms with Gasteiger partial charge in [-0.3, -0.25) is 0 Å². The molecule has 1 aromatic heterocycles. The van der Waals surface area contributed by atoms with Gasteiger partial charge in [0.2, 0.25) is 5.88 Å². The van der Waals surface area contributed by atoms with E-state index in [2.05, 4.69) is 51.8 Å². The van der Waals surface area contributed by atoms with Crippen LogP contribution in [0.3, 0.4) is 0 Å². The molecule has 6 heteroatoms. The van der Waals surface area contributed by atoms with E-state index in [1.54, 1.807) is 0 Å². The van der Waals surface area contributed by atoms with Gasteiger partial charge in [0, 0.05) is 31.9 Å². The summed E-state index contributed by atoms with van der Waals surface area (Å²) < 4.78 is 5.68. The van der Waals surface area contributed by atoms with Gasteiger partial charge >= 0.3 is 0 Å². The number of benzene rings is 1. The summed E-state index contributed by atoms with van der Waals surface area (Å²) in [5.74, 6) is 1.24. The number of hydrogen-bond donors (Lipinski definition) is 1. The van der Waals surface area contributed by atoms with E-state index in [4.69, 9.17) is 10.5 Å². The third kappa shape index (κ3) is 3.62. The topological polar surface area (TPSA) is 67.5 Å². The van der Waals surface area contributed by atoms with E-state index in [1.165, 1.54) is 23.1 Å². The standard InChI is InChI=1S/C19H27N5O/c1-13(2)25-19-17(20)18(21-12-22-19)24-10-8-23(9-11-24)16-7-5-6-14(3)15(16)4/h5-7,12-13H,8-11,20H2,1-4H3. The van der Waals surface area contributed by atoms with Crippen LogP contribution >= 0.6 is 0 Å². The van der Waals surface area contributed by atoms with Gasteiger partial charge in [-0.05, 0) is 44.9 Å². The normalized spacial score (nSPS) is 14.9. The minimum Gasteiger partial charge on any atom is -0.473 e. The summed E-state index contributed by atoms with van der Waals surface area (Å²) in [4.78, 5) is 13.2. The first kappa shape index (κ1) is 17.3. The highest BCUT2D eigenvalue weighted by Crippen LogP contribution is 2.30. The summed E-state index contributed by atoms with van der Waals surface area (Å²) in [6.45, 7) is 11.9. The lowest BCUT2D eigenvalue weighted by atomic mass is 10.1. The summed E-state index contributed by atoms with van der Waals surface area (Å²) in [6, 6.07) is 6.49. The zero-order valence-corrected chi connectivity index (χ0v) is 15.5. The maximum absolute atomic E-state index is 6.25. The van der Waals surface area contributed by atoms with Gasteiger partial charge in [-0.2, -0.15) is 4.98 Å². The van der Waals surface area contributed by atoms with Crippen molar-refractivity contribution in [3.63, 3.8) is 0 Å². The molecule has 134 valence electrons. The molecule has 3 rings (SSSR count). The quantitative estimate of drug-likeness (QED) is 0.922. The Labute approximate surface area is 149 Å². The van der Waals surface area contributed by atoms with Crippen LogP contribution in [0, 0.1) is 13.8 Å². The van der Waals surface area contributed by atoms with Crippen molar-refractivity contribution in [2.24, 2.45) is 0 Å². The molecule has 0 amide bonds. The fraction of sp³-hybridized carbons (Fsp3) is 0.474. The van der Waals surface area contributed by atoms with E-state index >= 15 is 0 Å². The van der Waals surface area contributed by atoms with Gasteiger partial charge in [-0.15, -0.1) is 0 Å². The summed E-state index contributed by atoms with van der Waals surface area (Å²) >= 11 is 0. The van der Waals surface area contributed by atoms with E-state index in [-0.39, 0.29) is 6.10 Å². The van der Waals surface area contributed by atoms with Crippen molar-refractivity contribution in [3.05, 3.63) is 35.7 Å². The number of nitrogens with zero attached hydrogens (tertiary/aromatic N) is 4. The number of nitrogens with two attached hydrogens (primary N) is 1. The average molecular weight is 341 g/mol. The summed E-state index contributed by atoms with van der Waals surface area (Å²) in [7, 11) is 0. The largest absolute Gasteiger partial charge is 0.473 e. The molecular formula is C19H27N5O. The van der Waals surface area contributed by atoms with Crippen LogP contribution in [-0.4, -0.2) is 42.3 Å². The van der Waals surface area contributed by atoms with Gasteiger partial charge in [-0.1, -0.05) is 12.1 Å². The average Bonchev–Trinajstić information content (AvgIpc) is 2.59. The first-order valence-corrected chi connectivity index (χ1v) is 8.80. The van der Waals surface area contributed by atoms with E-state index < -0.39 is 0 Å². The molecule has 0 saturated carbocycles. The summed E-state index contributed by atoms with van der Waals surface area (Å²) in [6.07, 6.45) is 1.56. The Balaban J connectivity index is 1.73. The minimum absolute atomic E-state index is 0.0335. The molecule has 0 radical (unpaired) electrons. The monoisotopic (exact) mass is 341 g/mol. The van der Waals surface area contributed by atoms with Crippen LogP contribution in [0.1, 0.15) is 25.0 Å². The second-order valence-electron chi connectivity index (χ2n) is 6.78. The minimum atomic E-state index is 0.0335. The maximum Gasteiger partial charge on any atom is 0.242 e. The lowest BCUT2D eigenvalue weighted by Gasteiger charge is -2.38. The van der Waals surface area contributed by atoms with Crippen molar-refractivity contribution >= 4 is 17.2 Å². The molecule has 0 aliphatic carbocycles. The molecule has 1 aliphatic rings. The number of aromatic nitrogens is 2. The number of aryl methyl sites for hydroxylation is 1. The Kier molecular flexibility index (Phi) is 4.97. The van der Waals surface area contributed by atoms with E-state index in [1.807, 2.05) is 13.8 Å². The lowest BCUT2D eigenvalue weighted by molar-refractivity contribution is 0.234. The number of hydrogen-bond acceptors (Lipinski definition) is 6. The molecule has 0 bridgehead atoms. The second kappa shape index (κ2) is 7.17. The van der Waals surface area contributed by atoms with Gasteiger partial charge in [-0.25, -0.2) is 4.98 Å². The van der Waals surface area contributed by atoms with Crippen LogP contribution in [0.2, 0.25) is 0 Å². The van der Waals surface area contributed by atoms with E-state index in [0.717, 1.165) is 32.0 Å². The number of piperazine rings is 1. The zero-order valence-electron chi connectivity index (χ0n) is 15.5. The molecule has 2 heterocycles. The van der Waals surface area contributed by atoms with E-state index in [9.17, 15) is 0 Å². The van der Waals surface area contributed by atoms with Gasteiger partial charge in [0.05, 0.1) is 6.10 Å². The van der Waals surface area contributed by atoms with Crippen molar-refractivity contribution in [2.45, 2.75) is 33.8 Å². The molecule has 1 aliphatic heterocycles. The predicted molar refractivity (Wildman–Crippen MR) is 103 cm³/mol. The van der Waals surface area contributed by atoms with Crippen LogP contribution in [0.25, 0.3) is 0 Å². The fourth-order valence-electron chi connectivity index (χ4n) is 3.18. The highest BCUT2D eigenvalue weighted by molar-refractivity contribution is 5.68. The summed E-state index contributed by atoms with van der Waals surface area (Å²) in [5, 5.41) is 0. The predicted octanol–water partition coefficient (Wildman–Crippen LogP) is 2.79. The van der Waals surface area contributed by atoms with Crippen molar-refractivity contribution in [3.8, 4) is 5.88 Å². The Morgan fingerprint density at radius 1 is 1.04 bits per heavy atom. The molecule has 0 atom stereocenters. The van der Waals surface area contributed by atoms with Gasteiger partial charge in [0.15, 0.2) is 5.82 Å². The first-order chi connectivity index (χ1) is 12.0. The smallest absolute Gasteiger partial charge is 0.242 e. The highest BCUT2D eigenvalue weighted by Gasteiger charge is 2.23. The van der Waals surface area contributed by atoms with Crippen molar-refractivity contribution in [1.29, 1.82) is 0 Å². The number of anilines is 3. The van der Waals surface area contributed by atoms with Crippen LogP contribution in [-0.2, 0) is 0 Å². The number of nitrogen functional groups attached to an aromatic ring is 1. The fourth-order valence-corrected chi connectivity index (χ4v) is 3.18. The van der Waals surface area contributed by atoms with Gasteiger partial charge in [0.1, 0.15) is 12.0 Å². The Hall–Kier alpha value is -2.50. The lowest BCUT2D eigenvalue weighted by Crippen LogP contribution is -2.47. The highest BCUT2D eigenvalue weighted by atomic mass is 16.5. The van der Waals surface area contributed by atoms with Gasteiger partial charge in [0.25, 0.3) is 0 Å². The first-order valence-electron chi connectivity index (χ1n) is 8.80. The van der Waals surface area contributed by atoms with Crippen molar-refractivity contribution < 1.29 is 4.74 Å². The SMILES string of the molecule is Cc1cccc(N2CCN(c3ncnc(OC(C)C)c3N)CC2)c1C. The molecule has 1 saturated heterocycles. The van der Waals surface area contributed by atoms with Crippen molar-refractivity contribution in [2.75, 3.05) is 41.7 Å². The number of ether oxygens (including phenoxy) is 1. The molecule has 25 heavy (non-hydrogen) atoms.